The van der Waals surface area contributed by atoms with E-state index in [1.807, 2.05) is 0 Å². The molecule has 2 heterocycles. The summed E-state index contributed by atoms with van der Waals surface area (Å²) in [5.41, 5.74) is 0.212. The predicted molar refractivity (Wildman–Crippen MR) is 70.1 cm³/mol. The molecule has 0 N–H and O–H groups in total. The van der Waals surface area contributed by atoms with Crippen LogP contribution in [0.1, 0.15) is 27.2 Å². The van der Waals surface area contributed by atoms with Crippen molar-refractivity contribution < 1.29 is 4.74 Å². The Bertz CT molecular complexity index is 374. The molecule has 0 unspecified atom stereocenters. The van der Waals surface area contributed by atoms with Crippen LogP contribution in [0.5, 0.6) is 5.88 Å². The summed E-state index contributed by atoms with van der Waals surface area (Å²) in [7, 11) is 0. The standard InChI is InChI=1S/C12H18BrN3O/c1-12(2,3)16-5-4-9(8-16)17-11-7-14-10(13)6-15-11/h6-7,9H,4-5,8H2,1-3H3/t9-/m0/s1. The Balaban J connectivity index is 1.92. The number of halogens is 1. The lowest BCUT2D eigenvalue weighted by atomic mass is 10.1. The first-order valence-electron chi connectivity index (χ1n) is 5.84. The highest BCUT2D eigenvalue weighted by atomic mass is 79.9. The summed E-state index contributed by atoms with van der Waals surface area (Å²) >= 11 is 3.26. The second-order valence-corrected chi connectivity index (χ2v) is 6.14. The van der Waals surface area contributed by atoms with E-state index in [0.717, 1.165) is 24.1 Å². The molecule has 17 heavy (non-hydrogen) atoms. The molecule has 1 fully saturated rings. The Morgan fingerprint density at radius 1 is 1.35 bits per heavy atom. The zero-order valence-electron chi connectivity index (χ0n) is 10.5. The molecule has 4 nitrogen and oxygen atoms in total. The lowest BCUT2D eigenvalue weighted by Crippen LogP contribution is -2.40. The molecule has 0 aliphatic carbocycles. The van der Waals surface area contributed by atoms with E-state index in [2.05, 4.69) is 51.6 Å². The third-order valence-electron chi connectivity index (χ3n) is 2.98. The Morgan fingerprint density at radius 2 is 2.12 bits per heavy atom. The van der Waals surface area contributed by atoms with Crippen LogP contribution in [0.25, 0.3) is 0 Å². The fraction of sp³-hybridized carbons (Fsp3) is 0.667. The van der Waals surface area contributed by atoms with Crippen molar-refractivity contribution >= 4 is 15.9 Å². The van der Waals surface area contributed by atoms with Crippen LogP contribution in [0.4, 0.5) is 0 Å². The van der Waals surface area contributed by atoms with Gasteiger partial charge in [0, 0.05) is 18.6 Å². The van der Waals surface area contributed by atoms with E-state index >= 15 is 0 Å². The van der Waals surface area contributed by atoms with Crippen LogP contribution in [0.3, 0.4) is 0 Å². The second-order valence-electron chi connectivity index (χ2n) is 5.32. The number of likely N-dealkylation sites (tertiary alicyclic amines) is 1. The molecular weight excluding hydrogens is 282 g/mol. The fourth-order valence-electron chi connectivity index (χ4n) is 1.97. The zero-order valence-corrected chi connectivity index (χ0v) is 12.1. The van der Waals surface area contributed by atoms with Gasteiger partial charge in [-0.05, 0) is 43.1 Å². The summed E-state index contributed by atoms with van der Waals surface area (Å²) in [6, 6.07) is 0. The van der Waals surface area contributed by atoms with E-state index in [4.69, 9.17) is 4.74 Å². The quantitative estimate of drug-likeness (QED) is 0.841. The Hall–Kier alpha value is -0.680. The van der Waals surface area contributed by atoms with Gasteiger partial charge in [-0.15, -0.1) is 0 Å². The molecule has 0 saturated carbocycles. The fourth-order valence-corrected chi connectivity index (χ4v) is 2.17. The van der Waals surface area contributed by atoms with Crippen molar-refractivity contribution in [3.8, 4) is 5.88 Å². The van der Waals surface area contributed by atoms with E-state index in [0.29, 0.717) is 5.88 Å². The minimum Gasteiger partial charge on any atom is -0.472 e. The topological polar surface area (TPSA) is 38.2 Å². The number of aromatic nitrogens is 2. The molecule has 0 bridgehead atoms. The summed E-state index contributed by atoms with van der Waals surface area (Å²) in [5.74, 6) is 0.606. The van der Waals surface area contributed by atoms with Crippen molar-refractivity contribution in [2.45, 2.75) is 38.8 Å². The number of ether oxygens (including phenoxy) is 1. The van der Waals surface area contributed by atoms with Gasteiger partial charge in [-0.1, -0.05) is 0 Å². The molecule has 0 amide bonds. The van der Waals surface area contributed by atoms with Gasteiger partial charge in [-0.25, -0.2) is 9.97 Å². The first kappa shape index (κ1) is 12.8. The highest BCUT2D eigenvalue weighted by Gasteiger charge is 2.31. The Labute approximate surface area is 111 Å². The zero-order chi connectivity index (χ0) is 12.5. The normalized spacial score (nSPS) is 21.8. The first-order valence-corrected chi connectivity index (χ1v) is 6.64. The molecule has 0 radical (unpaired) electrons. The van der Waals surface area contributed by atoms with Crippen molar-refractivity contribution in [1.82, 2.24) is 14.9 Å². The van der Waals surface area contributed by atoms with Gasteiger partial charge in [0.25, 0.3) is 0 Å². The molecule has 1 atom stereocenters. The summed E-state index contributed by atoms with van der Waals surface area (Å²) in [5, 5.41) is 0. The number of hydrogen-bond donors (Lipinski definition) is 0. The Kier molecular flexibility index (Phi) is 3.68. The lowest BCUT2D eigenvalue weighted by molar-refractivity contribution is 0.138. The van der Waals surface area contributed by atoms with Crippen LogP contribution >= 0.6 is 15.9 Å². The third kappa shape index (κ3) is 3.39. The number of hydrogen-bond acceptors (Lipinski definition) is 4. The van der Waals surface area contributed by atoms with Crippen LogP contribution in [0.15, 0.2) is 17.0 Å². The smallest absolute Gasteiger partial charge is 0.232 e. The van der Waals surface area contributed by atoms with E-state index in [-0.39, 0.29) is 11.6 Å². The SMILES string of the molecule is CC(C)(C)N1CC[C@H](Oc2cnc(Br)cn2)C1. The molecule has 1 aliphatic rings. The van der Waals surface area contributed by atoms with Crippen molar-refractivity contribution in [3.63, 3.8) is 0 Å². The average Bonchev–Trinajstić information content (AvgIpc) is 2.69. The molecule has 1 aromatic heterocycles. The molecule has 0 spiro atoms. The van der Waals surface area contributed by atoms with Gasteiger partial charge in [-0.2, -0.15) is 0 Å². The van der Waals surface area contributed by atoms with Crippen molar-refractivity contribution in [2.75, 3.05) is 13.1 Å². The molecule has 2 rings (SSSR count). The highest BCUT2D eigenvalue weighted by molar-refractivity contribution is 9.10. The number of rotatable bonds is 2. The molecule has 0 aromatic carbocycles. The van der Waals surface area contributed by atoms with Gasteiger partial charge >= 0.3 is 0 Å². The molecule has 1 saturated heterocycles. The van der Waals surface area contributed by atoms with Crippen LogP contribution < -0.4 is 4.74 Å². The van der Waals surface area contributed by atoms with Crippen molar-refractivity contribution in [2.24, 2.45) is 0 Å². The van der Waals surface area contributed by atoms with Crippen molar-refractivity contribution in [1.29, 1.82) is 0 Å². The van der Waals surface area contributed by atoms with Crippen molar-refractivity contribution in [3.05, 3.63) is 17.0 Å². The van der Waals surface area contributed by atoms with Crippen LogP contribution in [0.2, 0.25) is 0 Å². The summed E-state index contributed by atoms with van der Waals surface area (Å²) in [6.07, 6.45) is 4.59. The maximum absolute atomic E-state index is 5.82. The number of nitrogens with zero attached hydrogens (tertiary/aromatic N) is 3. The summed E-state index contributed by atoms with van der Waals surface area (Å²) in [6.45, 7) is 8.73. The van der Waals surface area contributed by atoms with Gasteiger partial charge in [0.2, 0.25) is 5.88 Å². The molecule has 1 aromatic rings. The van der Waals surface area contributed by atoms with Gasteiger partial charge in [0.15, 0.2) is 0 Å². The van der Waals surface area contributed by atoms with Crippen LogP contribution in [-0.2, 0) is 0 Å². The second kappa shape index (κ2) is 4.90. The van der Waals surface area contributed by atoms with Gasteiger partial charge in [0.1, 0.15) is 10.7 Å². The minimum atomic E-state index is 0.212. The van der Waals surface area contributed by atoms with E-state index < -0.39 is 0 Å². The Morgan fingerprint density at radius 3 is 2.65 bits per heavy atom. The average molecular weight is 300 g/mol. The highest BCUT2D eigenvalue weighted by Crippen LogP contribution is 2.23. The maximum Gasteiger partial charge on any atom is 0.232 e. The monoisotopic (exact) mass is 299 g/mol. The van der Waals surface area contributed by atoms with Gasteiger partial charge < -0.3 is 4.74 Å². The van der Waals surface area contributed by atoms with Gasteiger partial charge in [-0.3, -0.25) is 4.90 Å². The first-order chi connectivity index (χ1) is 7.95. The minimum absolute atomic E-state index is 0.212. The van der Waals surface area contributed by atoms with Crippen LogP contribution in [-0.4, -0.2) is 39.6 Å². The molecule has 94 valence electrons. The molecule has 5 heteroatoms. The van der Waals surface area contributed by atoms with Gasteiger partial charge in [0.05, 0.1) is 12.4 Å². The van der Waals surface area contributed by atoms with E-state index in [9.17, 15) is 0 Å². The molecular formula is C12H18BrN3O. The lowest BCUT2D eigenvalue weighted by Gasteiger charge is -2.31. The van der Waals surface area contributed by atoms with E-state index in [1.54, 1.807) is 12.4 Å². The van der Waals surface area contributed by atoms with E-state index in [1.165, 1.54) is 0 Å². The maximum atomic E-state index is 5.82. The summed E-state index contributed by atoms with van der Waals surface area (Å²) in [4.78, 5) is 10.7. The predicted octanol–water partition coefficient (Wildman–Crippen LogP) is 2.49. The molecule has 1 aliphatic heterocycles. The third-order valence-corrected chi connectivity index (χ3v) is 3.39. The summed E-state index contributed by atoms with van der Waals surface area (Å²) < 4.78 is 6.55. The van der Waals surface area contributed by atoms with Crippen LogP contribution in [0, 0.1) is 0 Å². The largest absolute Gasteiger partial charge is 0.472 e.